The second kappa shape index (κ2) is 8.70. The molecule has 6 nitrogen and oxygen atoms in total. The normalized spacial score (nSPS) is 18.9. The van der Waals surface area contributed by atoms with Crippen LogP contribution in [-0.4, -0.2) is 35.7 Å². The highest BCUT2D eigenvalue weighted by atomic mass is 19.4. The Kier molecular flexibility index (Phi) is 5.96. The minimum absolute atomic E-state index is 0.0843. The van der Waals surface area contributed by atoms with Crippen molar-refractivity contribution in [1.29, 1.82) is 0 Å². The number of allylic oxidation sites excluding steroid dienone is 1. The number of anilines is 2. The lowest BCUT2D eigenvalue weighted by Crippen LogP contribution is -2.43. The minimum atomic E-state index is -4.53. The number of nitrogens with two attached hydrogens (primary N) is 1. The Balaban J connectivity index is 1.53. The van der Waals surface area contributed by atoms with Crippen molar-refractivity contribution in [3.05, 3.63) is 59.7 Å². The van der Waals surface area contributed by atoms with Crippen molar-refractivity contribution >= 4 is 28.7 Å². The summed E-state index contributed by atoms with van der Waals surface area (Å²) in [6.45, 7) is 1.09. The summed E-state index contributed by atoms with van der Waals surface area (Å²) < 4.78 is 53.5. The Morgan fingerprint density at radius 2 is 2.06 bits per heavy atom. The number of nitrogens with one attached hydrogen (secondary N) is 1. The quantitative estimate of drug-likeness (QED) is 0.695. The van der Waals surface area contributed by atoms with Crippen LogP contribution < -0.4 is 16.0 Å². The van der Waals surface area contributed by atoms with Gasteiger partial charge in [-0.15, -0.1) is 0 Å². The molecule has 2 aromatic rings. The third-order valence-corrected chi connectivity index (χ3v) is 5.38. The summed E-state index contributed by atoms with van der Waals surface area (Å²) in [7, 11) is 0. The van der Waals surface area contributed by atoms with Crippen LogP contribution in [0.25, 0.3) is 5.70 Å². The molecular formula is C22H21F4N5O. The van der Waals surface area contributed by atoms with Gasteiger partial charge in [-0.3, -0.25) is 9.78 Å². The van der Waals surface area contributed by atoms with Crippen LogP contribution >= 0.6 is 0 Å². The van der Waals surface area contributed by atoms with Gasteiger partial charge in [-0.1, -0.05) is 12.1 Å². The molecule has 1 fully saturated rings. The van der Waals surface area contributed by atoms with Crippen LogP contribution in [0.5, 0.6) is 0 Å². The number of alkyl halides is 3. The van der Waals surface area contributed by atoms with Crippen molar-refractivity contribution in [2.24, 2.45) is 10.7 Å². The van der Waals surface area contributed by atoms with Gasteiger partial charge in [0.25, 0.3) is 5.91 Å². The lowest BCUT2D eigenvalue weighted by atomic mass is 10.1. The third-order valence-electron chi connectivity index (χ3n) is 5.38. The van der Waals surface area contributed by atoms with Crippen molar-refractivity contribution in [1.82, 2.24) is 4.98 Å². The molecule has 0 radical (unpaired) electrons. The second-order valence-corrected chi connectivity index (χ2v) is 7.75. The molecule has 4 rings (SSSR count). The van der Waals surface area contributed by atoms with E-state index in [4.69, 9.17) is 5.73 Å². The molecule has 2 aliphatic heterocycles. The fourth-order valence-electron chi connectivity index (χ4n) is 3.84. The summed E-state index contributed by atoms with van der Waals surface area (Å²) in [6.07, 6.45) is 0.815. The largest absolute Gasteiger partial charge is 0.417 e. The molecular weight excluding hydrogens is 426 g/mol. The molecule has 0 aliphatic carbocycles. The molecule has 10 heteroatoms. The lowest BCUT2D eigenvalue weighted by Gasteiger charge is -2.34. The van der Waals surface area contributed by atoms with Crippen molar-refractivity contribution in [2.45, 2.75) is 31.5 Å². The average molecular weight is 447 g/mol. The number of hydrogen-bond donors (Lipinski definition) is 2. The highest BCUT2D eigenvalue weighted by molar-refractivity contribution is 6.45. The summed E-state index contributed by atoms with van der Waals surface area (Å²) in [5.41, 5.74) is 6.19. The van der Waals surface area contributed by atoms with Gasteiger partial charge in [0.1, 0.15) is 11.5 Å². The van der Waals surface area contributed by atoms with E-state index in [9.17, 15) is 22.4 Å². The SMILES string of the molecule is N[C@@H]1CCCN(c2c(F)cccc2NC(=O)C2=NC(c3cncc(C(F)(F)F)c3)=CC2)C1. The van der Waals surface area contributed by atoms with Gasteiger partial charge in [0.15, 0.2) is 0 Å². The van der Waals surface area contributed by atoms with Gasteiger partial charge in [0, 0.05) is 43.5 Å². The van der Waals surface area contributed by atoms with Gasteiger partial charge in [-0.2, -0.15) is 13.2 Å². The number of pyridine rings is 1. The first-order valence-electron chi connectivity index (χ1n) is 10.1. The van der Waals surface area contributed by atoms with Crippen molar-refractivity contribution < 1.29 is 22.4 Å². The molecule has 0 spiro atoms. The highest BCUT2D eigenvalue weighted by Crippen LogP contribution is 2.33. The predicted molar refractivity (Wildman–Crippen MR) is 114 cm³/mol. The number of carbonyl (C=O) groups is 1. The van der Waals surface area contributed by atoms with Crippen LogP contribution in [-0.2, 0) is 11.0 Å². The average Bonchev–Trinajstić information content (AvgIpc) is 3.24. The number of amides is 1. The first kappa shape index (κ1) is 21.9. The van der Waals surface area contributed by atoms with Crippen LogP contribution in [0.4, 0.5) is 28.9 Å². The minimum Gasteiger partial charge on any atom is -0.366 e. The van der Waals surface area contributed by atoms with E-state index in [-0.39, 0.29) is 35.1 Å². The Labute approximate surface area is 181 Å². The van der Waals surface area contributed by atoms with Crippen LogP contribution in [0.2, 0.25) is 0 Å². The van der Waals surface area contributed by atoms with Crippen molar-refractivity contribution in [2.75, 3.05) is 23.3 Å². The van der Waals surface area contributed by atoms with Crippen LogP contribution in [0.3, 0.4) is 0 Å². The van der Waals surface area contributed by atoms with E-state index in [0.29, 0.717) is 18.8 Å². The third kappa shape index (κ3) is 4.64. The summed E-state index contributed by atoms with van der Waals surface area (Å²) in [4.78, 5) is 22.4. The van der Waals surface area contributed by atoms with E-state index in [1.807, 2.05) is 4.90 Å². The maximum atomic E-state index is 14.6. The molecule has 0 bridgehead atoms. The van der Waals surface area contributed by atoms with E-state index in [1.54, 1.807) is 12.1 Å². The smallest absolute Gasteiger partial charge is 0.366 e. The van der Waals surface area contributed by atoms with Gasteiger partial charge in [0.2, 0.25) is 0 Å². The van der Waals surface area contributed by atoms with E-state index >= 15 is 0 Å². The summed E-state index contributed by atoms with van der Waals surface area (Å²) in [5.74, 6) is -1.02. The van der Waals surface area contributed by atoms with Crippen LogP contribution in [0.1, 0.15) is 30.4 Å². The van der Waals surface area contributed by atoms with E-state index in [2.05, 4.69) is 15.3 Å². The topological polar surface area (TPSA) is 83.6 Å². The molecule has 1 saturated heterocycles. The second-order valence-electron chi connectivity index (χ2n) is 7.75. The number of para-hydroxylation sites is 1. The Morgan fingerprint density at radius 1 is 1.25 bits per heavy atom. The fourth-order valence-corrected chi connectivity index (χ4v) is 3.84. The van der Waals surface area contributed by atoms with Gasteiger partial charge in [-0.25, -0.2) is 9.38 Å². The fraction of sp³-hybridized carbons (Fsp3) is 0.318. The first-order valence-corrected chi connectivity index (χ1v) is 10.1. The molecule has 3 heterocycles. The van der Waals surface area contributed by atoms with E-state index in [1.165, 1.54) is 18.3 Å². The lowest BCUT2D eigenvalue weighted by molar-refractivity contribution is -0.137. The van der Waals surface area contributed by atoms with Gasteiger partial charge < -0.3 is 16.0 Å². The Morgan fingerprint density at radius 3 is 2.81 bits per heavy atom. The predicted octanol–water partition coefficient (Wildman–Crippen LogP) is 3.99. The summed E-state index contributed by atoms with van der Waals surface area (Å²) in [6, 6.07) is 5.26. The monoisotopic (exact) mass is 447 g/mol. The molecule has 0 saturated carbocycles. The molecule has 1 aromatic heterocycles. The molecule has 1 aromatic carbocycles. The maximum Gasteiger partial charge on any atom is 0.417 e. The zero-order chi connectivity index (χ0) is 22.9. The van der Waals surface area contributed by atoms with Gasteiger partial charge >= 0.3 is 6.18 Å². The first-order chi connectivity index (χ1) is 15.2. The van der Waals surface area contributed by atoms with Gasteiger partial charge in [-0.05, 0) is 31.0 Å². The zero-order valence-corrected chi connectivity index (χ0v) is 17.0. The number of hydrogen-bond acceptors (Lipinski definition) is 5. The van der Waals surface area contributed by atoms with Gasteiger partial charge in [0.05, 0.1) is 22.6 Å². The zero-order valence-electron chi connectivity index (χ0n) is 17.0. The number of rotatable bonds is 4. The molecule has 1 atom stereocenters. The molecule has 2 aliphatic rings. The number of aromatic nitrogens is 1. The summed E-state index contributed by atoms with van der Waals surface area (Å²) >= 11 is 0. The molecule has 3 N–H and O–H groups in total. The number of carbonyl (C=O) groups excluding carboxylic acids is 1. The van der Waals surface area contributed by atoms with E-state index in [0.717, 1.165) is 25.1 Å². The van der Waals surface area contributed by atoms with Crippen molar-refractivity contribution in [3.63, 3.8) is 0 Å². The molecule has 1 amide bonds. The van der Waals surface area contributed by atoms with Crippen LogP contribution in [0.15, 0.2) is 47.7 Å². The van der Waals surface area contributed by atoms with Crippen LogP contribution in [0, 0.1) is 5.82 Å². The molecule has 32 heavy (non-hydrogen) atoms. The van der Waals surface area contributed by atoms with E-state index < -0.39 is 23.5 Å². The maximum absolute atomic E-state index is 14.6. The number of piperidine rings is 1. The number of halogens is 4. The Bertz CT molecular complexity index is 1100. The molecule has 0 unspecified atom stereocenters. The Hall–Kier alpha value is -3.27. The number of aliphatic imine (C=N–C) groups is 1. The van der Waals surface area contributed by atoms with Crippen molar-refractivity contribution in [3.8, 4) is 0 Å². The summed E-state index contributed by atoms with van der Waals surface area (Å²) in [5, 5.41) is 2.69. The standard InChI is InChI=1S/C22H21F4N5O/c23-16-4-1-5-18(20(16)31-8-2-3-15(27)12-31)30-21(32)19-7-6-17(29-19)13-9-14(11-28-10-13)22(24,25)26/h1,4-6,9-11,15H,2-3,7-8,12,27H2,(H,30,32)/t15-/m1/s1. The number of nitrogens with zero attached hydrogens (tertiary/aromatic N) is 3. The number of benzene rings is 1. The highest BCUT2D eigenvalue weighted by Gasteiger charge is 2.31. The molecule has 168 valence electrons.